The Morgan fingerprint density at radius 2 is 2.00 bits per heavy atom. The van der Waals surface area contributed by atoms with E-state index < -0.39 is 5.97 Å². The molecule has 0 aliphatic heterocycles. The smallest absolute Gasteiger partial charge is 0.303 e. The van der Waals surface area contributed by atoms with Crippen LogP contribution in [0.4, 0.5) is 0 Å². The van der Waals surface area contributed by atoms with Crippen LogP contribution in [0.3, 0.4) is 0 Å². The molecule has 0 aliphatic carbocycles. The minimum absolute atomic E-state index is 0.300. The predicted octanol–water partition coefficient (Wildman–Crippen LogP) is 3.23. The SMILES string of the molecule is C=C(C)CCCC(C)CCC(=O)O. The van der Waals surface area contributed by atoms with E-state index in [0.717, 1.165) is 25.7 Å². The summed E-state index contributed by atoms with van der Waals surface area (Å²) in [6.45, 7) is 7.97. The molecule has 0 saturated heterocycles. The van der Waals surface area contributed by atoms with Gasteiger partial charge in [-0.25, -0.2) is 0 Å². The lowest BCUT2D eigenvalue weighted by molar-refractivity contribution is -0.137. The molecule has 2 nitrogen and oxygen atoms in total. The first-order valence-electron chi connectivity index (χ1n) is 4.88. The highest BCUT2D eigenvalue weighted by Gasteiger charge is 2.04. The van der Waals surface area contributed by atoms with Gasteiger partial charge in [0.05, 0.1) is 0 Å². The molecule has 0 spiro atoms. The van der Waals surface area contributed by atoms with Crippen molar-refractivity contribution in [1.82, 2.24) is 0 Å². The van der Waals surface area contributed by atoms with E-state index in [0.29, 0.717) is 12.3 Å². The van der Waals surface area contributed by atoms with Gasteiger partial charge in [0, 0.05) is 6.42 Å². The number of rotatable bonds is 7. The molecule has 13 heavy (non-hydrogen) atoms. The third-order valence-electron chi connectivity index (χ3n) is 2.15. The molecule has 1 atom stereocenters. The van der Waals surface area contributed by atoms with Crippen LogP contribution >= 0.6 is 0 Å². The number of aliphatic carboxylic acids is 1. The quantitative estimate of drug-likeness (QED) is 0.617. The van der Waals surface area contributed by atoms with Crippen LogP contribution < -0.4 is 0 Å². The van der Waals surface area contributed by atoms with Gasteiger partial charge >= 0.3 is 5.97 Å². The van der Waals surface area contributed by atoms with Crippen molar-refractivity contribution in [2.24, 2.45) is 5.92 Å². The molecule has 0 aliphatic rings. The number of carbonyl (C=O) groups is 1. The van der Waals surface area contributed by atoms with Crippen LogP contribution in [0.5, 0.6) is 0 Å². The maximum atomic E-state index is 10.3. The van der Waals surface area contributed by atoms with Gasteiger partial charge in [-0.3, -0.25) is 4.79 Å². The molecule has 0 amide bonds. The summed E-state index contributed by atoms with van der Waals surface area (Å²) in [6.07, 6.45) is 4.41. The lowest BCUT2D eigenvalue weighted by atomic mass is 9.98. The Kier molecular flexibility index (Phi) is 6.29. The van der Waals surface area contributed by atoms with Crippen LogP contribution in [0.2, 0.25) is 0 Å². The van der Waals surface area contributed by atoms with Crippen molar-refractivity contribution in [3.8, 4) is 0 Å². The van der Waals surface area contributed by atoms with Gasteiger partial charge in [0.2, 0.25) is 0 Å². The zero-order chi connectivity index (χ0) is 10.3. The maximum Gasteiger partial charge on any atom is 0.303 e. The van der Waals surface area contributed by atoms with E-state index in [9.17, 15) is 4.79 Å². The Bertz CT molecular complexity index is 173. The first kappa shape index (κ1) is 12.2. The summed E-state index contributed by atoms with van der Waals surface area (Å²) in [5, 5.41) is 8.46. The third-order valence-corrected chi connectivity index (χ3v) is 2.15. The second-order valence-corrected chi connectivity index (χ2v) is 3.89. The Morgan fingerprint density at radius 3 is 2.46 bits per heavy atom. The molecule has 0 heterocycles. The molecular weight excluding hydrogens is 164 g/mol. The lowest BCUT2D eigenvalue weighted by Gasteiger charge is -2.08. The van der Waals surface area contributed by atoms with E-state index in [4.69, 9.17) is 5.11 Å². The fourth-order valence-corrected chi connectivity index (χ4v) is 1.27. The summed E-state index contributed by atoms with van der Waals surface area (Å²) in [5.41, 5.74) is 1.21. The molecule has 0 rings (SSSR count). The molecule has 76 valence electrons. The van der Waals surface area contributed by atoms with Crippen LogP contribution in [0.15, 0.2) is 12.2 Å². The molecule has 2 heteroatoms. The van der Waals surface area contributed by atoms with Crippen LogP contribution in [-0.2, 0) is 4.79 Å². The van der Waals surface area contributed by atoms with Gasteiger partial charge in [0.1, 0.15) is 0 Å². The average molecular weight is 184 g/mol. The van der Waals surface area contributed by atoms with E-state index in [1.807, 2.05) is 6.92 Å². The Balaban J connectivity index is 3.35. The largest absolute Gasteiger partial charge is 0.481 e. The van der Waals surface area contributed by atoms with Crippen molar-refractivity contribution >= 4 is 5.97 Å². The first-order chi connectivity index (χ1) is 6.02. The topological polar surface area (TPSA) is 37.3 Å². The standard InChI is InChI=1S/C11H20O2/c1-9(2)5-4-6-10(3)7-8-11(12)13/h10H,1,4-8H2,2-3H3,(H,12,13). The third kappa shape index (κ3) is 9.12. The summed E-state index contributed by atoms with van der Waals surface area (Å²) in [5.74, 6) is -0.165. The molecule has 1 unspecified atom stereocenters. The summed E-state index contributed by atoms with van der Waals surface area (Å²) in [7, 11) is 0. The van der Waals surface area contributed by atoms with E-state index in [1.54, 1.807) is 0 Å². The molecule has 0 bridgehead atoms. The molecule has 1 N–H and O–H groups in total. The zero-order valence-corrected chi connectivity index (χ0v) is 8.68. The zero-order valence-electron chi connectivity index (χ0n) is 8.68. The number of allylic oxidation sites excluding steroid dienone is 1. The highest BCUT2D eigenvalue weighted by atomic mass is 16.4. The second kappa shape index (κ2) is 6.70. The number of hydrogen-bond donors (Lipinski definition) is 1. The van der Waals surface area contributed by atoms with Gasteiger partial charge in [-0.15, -0.1) is 6.58 Å². The van der Waals surface area contributed by atoms with E-state index in [1.165, 1.54) is 5.57 Å². The molecule has 0 radical (unpaired) electrons. The van der Waals surface area contributed by atoms with Gasteiger partial charge < -0.3 is 5.11 Å². The highest BCUT2D eigenvalue weighted by Crippen LogP contribution is 2.15. The number of carboxylic acids is 1. The fourth-order valence-electron chi connectivity index (χ4n) is 1.27. The van der Waals surface area contributed by atoms with Gasteiger partial charge in [-0.05, 0) is 32.1 Å². The van der Waals surface area contributed by atoms with Crippen molar-refractivity contribution in [3.63, 3.8) is 0 Å². The second-order valence-electron chi connectivity index (χ2n) is 3.89. The summed E-state index contributed by atoms with van der Waals surface area (Å²) < 4.78 is 0. The van der Waals surface area contributed by atoms with Crippen LogP contribution in [0.1, 0.15) is 46.0 Å². The predicted molar refractivity (Wildman–Crippen MR) is 54.7 cm³/mol. The average Bonchev–Trinajstić information content (AvgIpc) is 2.00. The summed E-state index contributed by atoms with van der Waals surface area (Å²) in [6, 6.07) is 0. The van der Waals surface area contributed by atoms with Crippen molar-refractivity contribution in [2.75, 3.05) is 0 Å². The molecule has 0 saturated carbocycles. The molecule has 0 aromatic heterocycles. The highest BCUT2D eigenvalue weighted by molar-refractivity contribution is 5.66. The van der Waals surface area contributed by atoms with Crippen molar-refractivity contribution in [2.45, 2.75) is 46.0 Å². The van der Waals surface area contributed by atoms with Gasteiger partial charge in [0.15, 0.2) is 0 Å². The number of carboxylic acid groups (broad SMARTS) is 1. The molecule has 0 aromatic rings. The van der Waals surface area contributed by atoms with Gasteiger partial charge in [-0.1, -0.05) is 18.9 Å². The van der Waals surface area contributed by atoms with Crippen molar-refractivity contribution < 1.29 is 9.90 Å². The van der Waals surface area contributed by atoms with E-state index in [2.05, 4.69) is 13.5 Å². The molecular formula is C11H20O2. The van der Waals surface area contributed by atoms with Gasteiger partial charge in [-0.2, -0.15) is 0 Å². The van der Waals surface area contributed by atoms with Crippen molar-refractivity contribution in [3.05, 3.63) is 12.2 Å². The van der Waals surface area contributed by atoms with Gasteiger partial charge in [0.25, 0.3) is 0 Å². The Labute approximate surface area is 80.7 Å². The minimum atomic E-state index is -0.688. The van der Waals surface area contributed by atoms with Crippen LogP contribution in [0, 0.1) is 5.92 Å². The van der Waals surface area contributed by atoms with Crippen LogP contribution in [0.25, 0.3) is 0 Å². The Hall–Kier alpha value is -0.790. The first-order valence-corrected chi connectivity index (χ1v) is 4.88. The molecule has 0 fully saturated rings. The lowest BCUT2D eigenvalue weighted by Crippen LogP contribution is -2.01. The minimum Gasteiger partial charge on any atom is -0.481 e. The van der Waals surface area contributed by atoms with Crippen LogP contribution in [-0.4, -0.2) is 11.1 Å². The molecule has 0 aromatic carbocycles. The maximum absolute atomic E-state index is 10.3. The fraction of sp³-hybridized carbons (Fsp3) is 0.727. The Morgan fingerprint density at radius 1 is 1.38 bits per heavy atom. The van der Waals surface area contributed by atoms with E-state index >= 15 is 0 Å². The normalized spacial score (nSPS) is 12.5. The monoisotopic (exact) mass is 184 g/mol. The van der Waals surface area contributed by atoms with E-state index in [-0.39, 0.29) is 0 Å². The van der Waals surface area contributed by atoms with Crippen molar-refractivity contribution in [1.29, 1.82) is 0 Å². The summed E-state index contributed by atoms with van der Waals surface area (Å²) in [4.78, 5) is 10.3. The number of hydrogen-bond acceptors (Lipinski definition) is 1. The summed E-state index contributed by atoms with van der Waals surface area (Å²) >= 11 is 0.